The van der Waals surface area contributed by atoms with Crippen LogP contribution in [0.1, 0.15) is 44.0 Å². The Morgan fingerprint density at radius 2 is 2.18 bits per heavy atom. The first kappa shape index (κ1) is 22.9. The Balaban J connectivity index is 1.45. The van der Waals surface area contributed by atoms with Gasteiger partial charge in [-0.15, -0.1) is 0 Å². The maximum Gasteiger partial charge on any atom is 0.229 e. The number of nitrogens with zero attached hydrogens (tertiary/aromatic N) is 3. The molecule has 3 aliphatic rings. The van der Waals surface area contributed by atoms with Crippen molar-refractivity contribution in [2.75, 3.05) is 18.5 Å². The maximum absolute atomic E-state index is 12.4. The summed E-state index contributed by atoms with van der Waals surface area (Å²) >= 11 is 0. The first-order chi connectivity index (χ1) is 16.4. The summed E-state index contributed by atoms with van der Waals surface area (Å²) in [6.07, 6.45) is -1.25. The van der Waals surface area contributed by atoms with Crippen LogP contribution < -0.4 is 10.6 Å². The molecule has 11 nitrogen and oxygen atoms in total. The molecule has 0 spiro atoms. The molecule has 2 unspecified atom stereocenters. The largest absolute Gasteiger partial charge is 0.393 e. The van der Waals surface area contributed by atoms with E-state index in [9.17, 15) is 15.0 Å². The van der Waals surface area contributed by atoms with Crippen molar-refractivity contribution in [1.29, 1.82) is 0 Å². The number of carbonyl (C=O) groups excluding carboxylic acids is 1. The molecule has 5 atom stereocenters. The van der Waals surface area contributed by atoms with E-state index in [-0.39, 0.29) is 24.4 Å². The minimum absolute atomic E-state index is 0.200. The van der Waals surface area contributed by atoms with Gasteiger partial charge in [-0.3, -0.25) is 14.7 Å². The number of anilines is 1. The van der Waals surface area contributed by atoms with Crippen molar-refractivity contribution in [2.45, 2.75) is 57.1 Å². The van der Waals surface area contributed by atoms with Crippen LogP contribution in [0.15, 0.2) is 41.7 Å². The van der Waals surface area contributed by atoms with Gasteiger partial charge in [-0.1, -0.05) is 44.2 Å². The fourth-order valence-corrected chi connectivity index (χ4v) is 4.40. The van der Waals surface area contributed by atoms with Gasteiger partial charge in [0, 0.05) is 12.3 Å². The van der Waals surface area contributed by atoms with E-state index in [0.29, 0.717) is 31.1 Å². The molecule has 11 heteroatoms. The summed E-state index contributed by atoms with van der Waals surface area (Å²) in [6.45, 7) is 3.91. The van der Waals surface area contributed by atoms with Gasteiger partial charge in [0.1, 0.15) is 29.3 Å². The van der Waals surface area contributed by atoms with Crippen LogP contribution in [0.4, 0.5) is 5.82 Å². The molecule has 0 saturated carbocycles. The van der Waals surface area contributed by atoms with E-state index in [1.54, 1.807) is 24.7 Å². The van der Waals surface area contributed by atoms with Crippen molar-refractivity contribution in [3.8, 4) is 0 Å². The van der Waals surface area contributed by atoms with Crippen LogP contribution in [0.25, 0.3) is 0 Å². The third-order valence-electron chi connectivity index (χ3n) is 6.42. The van der Waals surface area contributed by atoms with Crippen LogP contribution in [0.5, 0.6) is 0 Å². The lowest BCUT2D eigenvalue weighted by Gasteiger charge is -2.33. The van der Waals surface area contributed by atoms with Crippen LogP contribution >= 0.6 is 0 Å². The van der Waals surface area contributed by atoms with Crippen molar-refractivity contribution in [3.63, 3.8) is 0 Å². The highest BCUT2D eigenvalue weighted by atomic mass is 16.6. The quantitative estimate of drug-likeness (QED) is 0.491. The smallest absolute Gasteiger partial charge is 0.229 e. The van der Waals surface area contributed by atoms with Crippen LogP contribution in [0, 0.1) is 5.92 Å². The molecule has 2 aromatic rings. The number of aliphatic hydroxyl groups is 2. The predicted octanol–water partition coefficient (Wildman–Crippen LogP) is 1.06. The number of rotatable bonds is 6. The van der Waals surface area contributed by atoms with Crippen LogP contribution in [0.2, 0.25) is 0 Å². The lowest BCUT2D eigenvalue weighted by Crippen LogP contribution is -2.51. The zero-order chi connectivity index (χ0) is 23.9. The molecule has 1 amide bonds. The summed E-state index contributed by atoms with van der Waals surface area (Å²) in [5.74, 6) is 0.289. The van der Waals surface area contributed by atoms with Crippen molar-refractivity contribution < 1.29 is 29.2 Å². The topological polar surface area (TPSA) is 139 Å². The van der Waals surface area contributed by atoms with E-state index in [0.717, 1.165) is 5.56 Å². The number of carbonyl (C=O) groups is 1. The molecule has 3 aliphatic heterocycles. The Hall–Kier alpha value is -2.83. The van der Waals surface area contributed by atoms with Gasteiger partial charge in [0.15, 0.2) is 12.5 Å². The van der Waals surface area contributed by atoms with E-state index in [2.05, 4.69) is 20.6 Å². The van der Waals surface area contributed by atoms with Crippen molar-refractivity contribution in [2.24, 2.45) is 10.9 Å². The standard InChI is InChI=1S/C23H29N5O6/c1-13(2)19(31)26-22-25-18-15(20(27-22)33-10-14-6-4-3-5-7-14)24-12-28(18)21-16-17(30)23(11-29,34-21)8-9-32-16/h3-7,12-13,16-17,20-21,29-30H,8-11H2,1-2H3,(H2,25,26,27,31)/t16-,17?,20?,21+,23+/m0/s1. The second-order valence-corrected chi connectivity index (χ2v) is 9.04. The van der Waals surface area contributed by atoms with Gasteiger partial charge in [0.25, 0.3) is 0 Å². The van der Waals surface area contributed by atoms with E-state index in [1.807, 2.05) is 30.3 Å². The Morgan fingerprint density at radius 1 is 1.38 bits per heavy atom. The van der Waals surface area contributed by atoms with Crippen molar-refractivity contribution in [1.82, 2.24) is 14.9 Å². The molecule has 4 heterocycles. The lowest BCUT2D eigenvalue weighted by molar-refractivity contribution is -0.143. The fourth-order valence-electron chi connectivity index (χ4n) is 4.40. The number of hydrogen-bond donors (Lipinski definition) is 4. The van der Waals surface area contributed by atoms with Gasteiger partial charge < -0.3 is 29.7 Å². The zero-order valence-electron chi connectivity index (χ0n) is 19.0. The normalized spacial score (nSPS) is 30.0. The Morgan fingerprint density at radius 3 is 2.88 bits per heavy atom. The highest BCUT2D eigenvalue weighted by molar-refractivity contribution is 6.05. The average molecular weight is 472 g/mol. The monoisotopic (exact) mass is 471 g/mol. The number of benzene rings is 1. The lowest BCUT2D eigenvalue weighted by atomic mass is 9.90. The third-order valence-corrected chi connectivity index (χ3v) is 6.42. The molecule has 2 bridgehead atoms. The summed E-state index contributed by atoms with van der Waals surface area (Å²) in [5.41, 5.74) is 0.390. The number of imidazole rings is 1. The zero-order valence-corrected chi connectivity index (χ0v) is 19.0. The minimum Gasteiger partial charge on any atom is -0.393 e. The second kappa shape index (κ2) is 9.08. The number of guanidine groups is 1. The van der Waals surface area contributed by atoms with E-state index in [4.69, 9.17) is 14.2 Å². The molecule has 0 aliphatic carbocycles. The maximum atomic E-state index is 12.4. The third kappa shape index (κ3) is 3.99. The Kier molecular flexibility index (Phi) is 6.13. The Bertz CT molecular complexity index is 1070. The van der Waals surface area contributed by atoms with Gasteiger partial charge in [-0.25, -0.2) is 9.98 Å². The Labute approximate surface area is 196 Å². The van der Waals surface area contributed by atoms with E-state index in [1.165, 1.54) is 0 Å². The molecule has 2 saturated heterocycles. The number of ether oxygens (including phenoxy) is 3. The number of amides is 1. The van der Waals surface area contributed by atoms with Crippen molar-refractivity contribution >= 4 is 17.7 Å². The van der Waals surface area contributed by atoms with Gasteiger partial charge in [-0.2, -0.15) is 0 Å². The van der Waals surface area contributed by atoms with Gasteiger partial charge >= 0.3 is 0 Å². The number of hydrogen-bond acceptors (Lipinski definition) is 9. The molecule has 1 aromatic carbocycles. The average Bonchev–Trinajstić information content (AvgIpc) is 3.30. The number of nitrogens with one attached hydrogen (secondary N) is 2. The number of aliphatic imine (C=N–C) groups is 1. The summed E-state index contributed by atoms with van der Waals surface area (Å²) < 4.78 is 19.7. The van der Waals surface area contributed by atoms with Crippen LogP contribution in [-0.2, 0) is 25.6 Å². The van der Waals surface area contributed by atoms with Gasteiger partial charge in [-0.05, 0) is 5.56 Å². The molecule has 34 heavy (non-hydrogen) atoms. The number of aliphatic hydroxyl groups excluding tert-OH is 2. The number of aromatic nitrogens is 2. The highest BCUT2D eigenvalue weighted by Crippen LogP contribution is 2.46. The molecule has 4 N–H and O–H groups in total. The molecule has 2 fully saturated rings. The summed E-state index contributed by atoms with van der Waals surface area (Å²) in [6, 6.07) is 9.68. The van der Waals surface area contributed by atoms with Crippen molar-refractivity contribution in [3.05, 3.63) is 47.9 Å². The van der Waals surface area contributed by atoms with E-state index < -0.39 is 30.3 Å². The molecule has 0 radical (unpaired) electrons. The molecule has 182 valence electrons. The SMILES string of the molecule is CC(C)C(=O)NC1=NC(OCc2ccccc2)c2ncn([C@@H]3O[C@@]4(CO)CCO[C@H]3C4O)c2N1. The number of fused-ring (bicyclic) bond motifs is 3. The summed E-state index contributed by atoms with van der Waals surface area (Å²) in [5, 5.41) is 26.6. The minimum atomic E-state index is -1.09. The van der Waals surface area contributed by atoms with Gasteiger partial charge in [0.05, 0.1) is 26.1 Å². The van der Waals surface area contributed by atoms with E-state index >= 15 is 0 Å². The van der Waals surface area contributed by atoms with Crippen LogP contribution in [0.3, 0.4) is 0 Å². The predicted molar refractivity (Wildman–Crippen MR) is 121 cm³/mol. The molecular formula is C23H29N5O6. The fraction of sp³-hybridized carbons (Fsp3) is 0.522. The summed E-state index contributed by atoms with van der Waals surface area (Å²) in [4.78, 5) is 21.4. The molecule has 5 rings (SSSR count). The first-order valence-electron chi connectivity index (χ1n) is 11.4. The second-order valence-electron chi connectivity index (χ2n) is 9.04. The van der Waals surface area contributed by atoms with Crippen LogP contribution in [-0.4, -0.2) is 62.7 Å². The molecule has 1 aromatic heterocycles. The highest BCUT2D eigenvalue weighted by Gasteiger charge is 2.58. The van der Waals surface area contributed by atoms with Gasteiger partial charge in [0.2, 0.25) is 11.9 Å². The first-order valence-corrected chi connectivity index (χ1v) is 11.4. The summed E-state index contributed by atoms with van der Waals surface area (Å²) in [7, 11) is 0. The molecular weight excluding hydrogens is 442 g/mol.